The predicted octanol–water partition coefficient (Wildman–Crippen LogP) is 0.542. The second kappa shape index (κ2) is 2.62. The first-order valence-electron chi connectivity index (χ1n) is 4.05. The van der Waals surface area contributed by atoms with Gasteiger partial charge in [-0.05, 0) is 12.8 Å². The van der Waals surface area contributed by atoms with Crippen molar-refractivity contribution >= 4 is 0 Å². The Labute approximate surface area is 69.9 Å². The van der Waals surface area contributed by atoms with Gasteiger partial charge in [-0.2, -0.15) is 5.10 Å². The van der Waals surface area contributed by atoms with Crippen molar-refractivity contribution in [2.24, 2.45) is 7.05 Å². The van der Waals surface area contributed by atoms with E-state index in [1.165, 1.54) is 0 Å². The van der Waals surface area contributed by atoms with Crippen LogP contribution < -0.4 is 5.69 Å². The Kier molecular flexibility index (Phi) is 1.60. The van der Waals surface area contributed by atoms with Crippen LogP contribution in [0.15, 0.2) is 16.9 Å². The third-order valence-corrected chi connectivity index (χ3v) is 2.29. The molecule has 0 saturated carbocycles. The zero-order chi connectivity index (χ0) is 8.55. The molecule has 0 bridgehead atoms. The highest BCUT2D eigenvalue weighted by atomic mass is 16.1. The zero-order valence-electron chi connectivity index (χ0n) is 6.95. The Bertz CT molecular complexity index is 353. The van der Waals surface area contributed by atoms with E-state index in [9.17, 15) is 4.79 Å². The molecule has 0 unspecified atom stereocenters. The molecule has 0 fully saturated rings. The van der Waals surface area contributed by atoms with Gasteiger partial charge in [0.2, 0.25) is 0 Å². The van der Waals surface area contributed by atoms with Gasteiger partial charge in [0, 0.05) is 13.0 Å². The van der Waals surface area contributed by atoms with Crippen LogP contribution in [0.1, 0.15) is 24.6 Å². The molecule has 0 spiro atoms. The molecular weight excluding hydrogens is 154 g/mol. The fourth-order valence-corrected chi connectivity index (χ4v) is 1.55. The van der Waals surface area contributed by atoms with Crippen LogP contribution in [0.5, 0.6) is 0 Å². The van der Waals surface area contributed by atoms with E-state index >= 15 is 0 Å². The number of hydrogen-bond donors (Lipinski definition) is 1. The molecule has 1 heterocycles. The Hall–Kier alpha value is -1.32. The van der Waals surface area contributed by atoms with Crippen LogP contribution in [-0.4, -0.2) is 14.8 Å². The van der Waals surface area contributed by atoms with E-state index < -0.39 is 0 Å². The quantitative estimate of drug-likeness (QED) is 0.617. The molecule has 2 rings (SSSR count). The normalized spacial score (nSPS) is 17.4. The van der Waals surface area contributed by atoms with Gasteiger partial charge in [-0.25, -0.2) is 9.89 Å². The van der Waals surface area contributed by atoms with Gasteiger partial charge in [0.05, 0.1) is 0 Å². The molecule has 0 amide bonds. The van der Waals surface area contributed by atoms with E-state index in [1.807, 2.05) is 0 Å². The molecule has 64 valence electrons. The summed E-state index contributed by atoms with van der Waals surface area (Å²) in [4.78, 5) is 11.0. The van der Waals surface area contributed by atoms with Crippen molar-refractivity contribution < 1.29 is 0 Å². The number of hydrogen-bond acceptors (Lipinski definition) is 2. The molecule has 12 heavy (non-hydrogen) atoms. The maximum atomic E-state index is 11.0. The smallest absolute Gasteiger partial charge is 0.282 e. The number of nitrogens with one attached hydrogen (secondary N) is 1. The highest BCUT2D eigenvalue weighted by Gasteiger charge is 2.18. The number of allylic oxidation sites excluding steroid dienone is 2. The lowest BCUT2D eigenvalue weighted by molar-refractivity contribution is 0.643. The largest absolute Gasteiger partial charge is 0.343 e. The minimum Gasteiger partial charge on any atom is -0.282 e. The molecular formula is C8H11N3O. The van der Waals surface area contributed by atoms with Gasteiger partial charge in [0.1, 0.15) is 5.82 Å². The Morgan fingerprint density at radius 1 is 1.58 bits per heavy atom. The van der Waals surface area contributed by atoms with Gasteiger partial charge < -0.3 is 0 Å². The van der Waals surface area contributed by atoms with Crippen molar-refractivity contribution in [2.75, 3.05) is 0 Å². The zero-order valence-corrected chi connectivity index (χ0v) is 6.95. The molecule has 0 aliphatic heterocycles. The molecule has 1 N–H and O–H groups in total. The lowest BCUT2D eigenvalue weighted by atomic mass is 10.1. The Morgan fingerprint density at radius 2 is 2.25 bits per heavy atom. The number of aromatic nitrogens is 3. The van der Waals surface area contributed by atoms with Crippen molar-refractivity contribution in [3.8, 4) is 0 Å². The highest BCUT2D eigenvalue weighted by Crippen LogP contribution is 2.26. The summed E-state index contributed by atoms with van der Waals surface area (Å²) >= 11 is 0. The molecule has 1 aliphatic rings. The van der Waals surface area contributed by atoms with E-state index in [0.29, 0.717) is 5.92 Å². The third kappa shape index (κ3) is 0.995. The van der Waals surface area contributed by atoms with Crippen LogP contribution in [0.2, 0.25) is 0 Å². The Morgan fingerprint density at radius 3 is 2.75 bits per heavy atom. The average Bonchev–Trinajstić information content (AvgIpc) is 2.64. The van der Waals surface area contributed by atoms with Crippen LogP contribution in [0.4, 0.5) is 0 Å². The van der Waals surface area contributed by atoms with Gasteiger partial charge in [0.25, 0.3) is 0 Å². The Balaban J connectivity index is 2.34. The lowest BCUT2D eigenvalue weighted by Crippen LogP contribution is -2.15. The van der Waals surface area contributed by atoms with Crippen LogP contribution in [0, 0.1) is 0 Å². The standard InChI is InChI=1S/C8H11N3O/c1-11-7(9-10-8(11)12)6-4-2-3-5-6/h2-3,6H,4-5H2,1H3,(H,10,12). The summed E-state index contributed by atoms with van der Waals surface area (Å²) in [5, 5.41) is 6.43. The number of H-pyrrole nitrogens is 1. The molecule has 0 radical (unpaired) electrons. The molecule has 4 nitrogen and oxygen atoms in total. The minimum atomic E-state index is -0.128. The molecule has 1 aromatic rings. The van der Waals surface area contributed by atoms with Crippen molar-refractivity contribution in [3.05, 3.63) is 28.5 Å². The predicted molar refractivity (Wildman–Crippen MR) is 44.9 cm³/mol. The summed E-state index contributed by atoms with van der Waals surface area (Å²) in [7, 11) is 1.75. The van der Waals surface area contributed by atoms with Crippen molar-refractivity contribution in [1.82, 2.24) is 14.8 Å². The molecule has 0 atom stereocenters. The summed E-state index contributed by atoms with van der Waals surface area (Å²) < 4.78 is 1.58. The molecule has 1 aliphatic carbocycles. The molecule has 0 saturated heterocycles. The fraction of sp³-hybridized carbons (Fsp3) is 0.500. The third-order valence-electron chi connectivity index (χ3n) is 2.29. The summed E-state index contributed by atoms with van der Waals surface area (Å²) in [5.41, 5.74) is -0.128. The number of nitrogens with zero attached hydrogens (tertiary/aromatic N) is 2. The lowest BCUT2D eigenvalue weighted by Gasteiger charge is -2.05. The molecule has 0 aromatic carbocycles. The summed E-state index contributed by atoms with van der Waals surface area (Å²) in [5.74, 6) is 1.26. The van der Waals surface area contributed by atoms with E-state index in [2.05, 4.69) is 22.3 Å². The maximum absolute atomic E-state index is 11.0. The molecule has 4 heteroatoms. The summed E-state index contributed by atoms with van der Waals surface area (Å²) in [6.45, 7) is 0. The second-order valence-corrected chi connectivity index (χ2v) is 3.09. The minimum absolute atomic E-state index is 0.128. The number of rotatable bonds is 1. The van der Waals surface area contributed by atoms with E-state index in [4.69, 9.17) is 0 Å². The van der Waals surface area contributed by atoms with Gasteiger partial charge in [0.15, 0.2) is 0 Å². The first-order chi connectivity index (χ1) is 5.79. The van der Waals surface area contributed by atoms with Crippen molar-refractivity contribution in [3.63, 3.8) is 0 Å². The van der Waals surface area contributed by atoms with Crippen molar-refractivity contribution in [1.29, 1.82) is 0 Å². The van der Waals surface area contributed by atoms with Crippen LogP contribution in [0.25, 0.3) is 0 Å². The van der Waals surface area contributed by atoms with E-state index in [1.54, 1.807) is 11.6 Å². The summed E-state index contributed by atoms with van der Waals surface area (Å²) in [6.07, 6.45) is 6.25. The van der Waals surface area contributed by atoms with Crippen molar-refractivity contribution in [2.45, 2.75) is 18.8 Å². The van der Waals surface area contributed by atoms with Crippen LogP contribution >= 0.6 is 0 Å². The highest BCUT2D eigenvalue weighted by molar-refractivity contribution is 5.08. The van der Waals surface area contributed by atoms with E-state index in [-0.39, 0.29) is 5.69 Å². The van der Waals surface area contributed by atoms with Gasteiger partial charge in [-0.1, -0.05) is 12.2 Å². The maximum Gasteiger partial charge on any atom is 0.343 e. The van der Waals surface area contributed by atoms with Crippen LogP contribution in [0.3, 0.4) is 0 Å². The first-order valence-corrected chi connectivity index (χ1v) is 4.05. The van der Waals surface area contributed by atoms with Gasteiger partial charge >= 0.3 is 5.69 Å². The SMILES string of the molecule is Cn1c(C2CC=CC2)n[nH]c1=O. The van der Waals surface area contributed by atoms with Crippen LogP contribution in [-0.2, 0) is 7.05 Å². The fourth-order valence-electron chi connectivity index (χ4n) is 1.55. The summed E-state index contributed by atoms with van der Waals surface area (Å²) in [6, 6.07) is 0. The topological polar surface area (TPSA) is 50.7 Å². The van der Waals surface area contributed by atoms with Gasteiger partial charge in [-0.3, -0.25) is 4.57 Å². The second-order valence-electron chi connectivity index (χ2n) is 3.09. The molecule has 1 aromatic heterocycles. The first kappa shape index (κ1) is 7.34. The monoisotopic (exact) mass is 165 g/mol. The average molecular weight is 165 g/mol. The van der Waals surface area contributed by atoms with E-state index in [0.717, 1.165) is 18.7 Å². The van der Waals surface area contributed by atoms with Gasteiger partial charge in [-0.15, -0.1) is 0 Å². The number of aromatic amines is 1.